The van der Waals surface area contributed by atoms with Gasteiger partial charge in [-0.05, 0) is 25.2 Å². The molecule has 2 rings (SSSR count). The fourth-order valence-corrected chi connectivity index (χ4v) is 3.46. The molecule has 0 bridgehead atoms. The van der Waals surface area contributed by atoms with E-state index in [-0.39, 0.29) is 17.5 Å². The number of rotatable bonds is 8. The van der Waals surface area contributed by atoms with Crippen molar-refractivity contribution in [2.24, 2.45) is 5.92 Å². The van der Waals surface area contributed by atoms with Gasteiger partial charge in [-0.1, -0.05) is 13.3 Å². The van der Waals surface area contributed by atoms with Gasteiger partial charge in [-0.15, -0.1) is 0 Å². The van der Waals surface area contributed by atoms with Gasteiger partial charge in [-0.25, -0.2) is 13.1 Å². The summed E-state index contributed by atoms with van der Waals surface area (Å²) in [6.45, 7) is 2.70. The van der Waals surface area contributed by atoms with E-state index in [1.807, 2.05) is 0 Å². The predicted octanol–water partition coefficient (Wildman–Crippen LogP) is 0.732. The molecule has 2 unspecified atom stereocenters. The molecular formula is C12H21N3O3S. The van der Waals surface area contributed by atoms with Gasteiger partial charge < -0.3 is 5.11 Å². The van der Waals surface area contributed by atoms with Crippen molar-refractivity contribution in [1.29, 1.82) is 0 Å². The highest BCUT2D eigenvalue weighted by molar-refractivity contribution is 7.89. The normalized spacial score (nSPS) is 22.6. The number of hydrogen-bond donors (Lipinski definition) is 2. The number of aliphatic hydroxyl groups is 1. The Bertz CT molecular complexity index is 512. The molecule has 108 valence electrons. The number of aromatic nitrogens is 2. The van der Waals surface area contributed by atoms with Crippen molar-refractivity contribution < 1.29 is 13.5 Å². The minimum atomic E-state index is -3.45. The van der Waals surface area contributed by atoms with Crippen LogP contribution in [0.25, 0.3) is 0 Å². The Morgan fingerprint density at radius 3 is 3.05 bits per heavy atom. The van der Waals surface area contributed by atoms with E-state index in [0.29, 0.717) is 18.9 Å². The van der Waals surface area contributed by atoms with Crippen molar-refractivity contribution in [3.05, 3.63) is 12.4 Å². The Morgan fingerprint density at radius 2 is 2.37 bits per heavy atom. The summed E-state index contributed by atoms with van der Waals surface area (Å²) in [6, 6.07) is 0.0886. The lowest BCUT2D eigenvalue weighted by Crippen LogP contribution is -2.26. The average molecular weight is 287 g/mol. The zero-order chi connectivity index (χ0) is 13.9. The summed E-state index contributed by atoms with van der Waals surface area (Å²) in [5.41, 5.74) is 0. The zero-order valence-electron chi connectivity index (χ0n) is 11.1. The van der Waals surface area contributed by atoms with Crippen LogP contribution in [0.15, 0.2) is 17.3 Å². The molecule has 1 aliphatic rings. The van der Waals surface area contributed by atoms with Gasteiger partial charge in [-0.2, -0.15) is 5.10 Å². The molecule has 2 atom stereocenters. The van der Waals surface area contributed by atoms with E-state index < -0.39 is 10.0 Å². The van der Waals surface area contributed by atoms with Gasteiger partial charge in [0.2, 0.25) is 10.0 Å². The maximum Gasteiger partial charge on any atom is 0.243 e. The summed E-state index contributed by atoms with van der Waals surface area (Å²) in [5.74, 6) is 0.490. The Morgan fingerprint density at radius 1 is 1.58 bits per heavy atom. The molecule has 0 amide bonds. The molecule has 2 N–H and O–H groups in total. The maximum absolute atomic E-state index is 12.1. The van der Waals surface area contributed by atoms with Crippen LogP contribution >= 0.6 is 0 Å². The van der Waals surface area contributed by atoms with E-state index in [0.717, 1.165) is 19.3 Å². The van der Waals surface area contributed by atoms with Gasteiger partial charge in [-0.3, -0.25) is 4.68 Å². The smallest absolute Gasteiger partial charge is 0.243 e. The summed E-state index contributed by atoms with van der Waals surface area (Å²) in [4.78, 5) is 0.201. The molecule has 1 saturated carbocycles. The van der Waals surface area contributed by atoms with Crippen LogP contribution in [-0.2, 0) is 16.6 Å². The molecule has 1 fully saturated rings. The maximum atomic E-state index is 12.1. The Balaban J connectivity index is 1.94. The van der Waals surface area contributed by atoms with Crippen LogP contribution in [0, 0.1) is 5.92 Å². The summed E-state index contributed by atoms with van der Waals surface area (Å²) in [5, 5.41) is 12.7. The van der Waals surface area contributed by atoms with Gasteiger partial charge in [0.25, 0.3) is 0 Å². The van der Waals surface area contributed by atoms with E-state index in [9.17, 15) is 8.42 Å². The lowest BCUT2D eigenvalue weighted by molar-refractivity contribution is 0.277. The highest BCUT2D eigenvalue weighted by atomic mass is 32.2. The standard InChI is InChI=1S/C12H21N3O3S/c1-2-4-10-7-12(10)14-19(17,18)11-8-13-15(9-11)5-3-6-16/h8-10,12,14,16H,2-7H2,1H3. The lowest BCUT2D eigenvalue weighted by Gasteiger charge is -2.03. The van der Waals surface area contributed by atoms with Crippen LogP contribution in [0.1, 0.15) is 32.6 Å². The number of hydrogen-bond acceptors (Lipinski definition) is 4. The minimum absolute atomic E-state index is 0.0704. The van der Waals surface area contributed by atoms with Crippen LogP contribution < -0.4 is 4.72 Å². The van der Waals surface area contributed by atoms with E-state index >= 15 is 0 Å². The molecule has 0 aromatic carbocycles. The number of aryl methyl sites for hydroxylation is 1. The molecule has 0 radical (unpaired) electrons. The van der Waals surface area contributed by atoms with E-state index in [1.165, 1.54) is 12.4 Å². The first-order valence-electron chi connectivity index (χ1n) is 6.72. The van der Waals surface area contributed by atoms with E-state index in [2.05, 4.69) is 16.7 Å². The van der Waals surface area contributed by atoms with Crippen LogP contribution in [0.2, 0.25) is 0 Å². The predicted molar refractivity (Wildman–Crippen MR) is 71.1 cm³/mol. The first-order valence-corrected chi connectivity index (χ1v) is 8.20. The second kappa shape index (κ2) is 6.02. The van der Waals surface area contributed by atoms with Crippen molar-refractivity contribution >= 4 is 10.0 Å². The molecule has 6 nitrogen and oxygen atoms in total. The van der Waals surface area contributed by atoms with E-state index in [1.54, 1.807) is 4.68 Å². The molecule has 0 saturated heterocycles. The Hall–Kier alpha value is -0.920. The molecule has 0 spiro atoms. The molecule has 1 heterocycles. The summed E-state index contributed by atoms with van der Waals surface area (Å²) < 4.78 is 28.5. The van der Waals surface area contributed by atoms with Crippen molar-refractivity contribution in [2.45, 2.75) is 50.1 Å². The van der Waals surface area contributed by atoms with Crippen LogP contribution in [0.4, 0.5) is 0 Å². The lowest BCUT2D eigenvalue weighted by atomic mass is 10.2. The van der Waals surface area contributed by atoms with E-state index in [4.69, 9.17) is 5.11 Å². The topological polar surface area (TPSA) is 84.2 Å². The first kappa shape index (κ1) is 14.5. The molecule has 19 heavy (non-hydrogen) atoms. The van der Waals surface area contributed by atoms with Gasteiger partial charge in [0.1, 0.15) is 4.90 Å². The summed E-state index contributed by atoms with van der Waals surface area (Å²) in [6.07, 6.45) is 6.53. The minimum Gasteiger partial charge on any atom is -0.396 e. The molecule has 1 aliphatic carbocycles. The average Bonchev–Trinajstić information content (AvgIpc) is 2.91. The summed E-state index contributed by atoms with van der Waals surface area (Å²) >= 11 is 0. The van der Waals surface area contributed by atoms with Gasteiger partial charge in [0, 0.05) is 25.4 Å². The van der Waals surface area contributed by atoms with Crippen LogP contribution in [-0.4, -0.2) is 36.0 Å². The fraction of sp³-hybridized carbons (Fsp3) is 0.750. The van der Waals surface area contributed by atoms with Crippen molar-refractivity contribution in [3.8, 4) is 0 Å². The van der Waals surface area contributed by atoms with Crippen LogP contribution in [0.5, 0.6) is 0 Å². The number of sulfonamides is 1. The monoisotopic (exact) mass is 287 g/mol. The van der Waals surface area contributed by atoms with Gasteiger partial charge in [0.15, 0.2) is 0 Å². The molecule has 1 aromatic heterocycles. The molecule has 0 aliphatic heterocycles. The quantitative estimate of drug-likeness (QED) is 0.738. The molecule has 7 heteroatoms. The van der Waals surface area contributed by atoms with Crippen molar-refractivity contribution in [2.75, 3.05) is 6.61 Å². The molecular weight excluding hydrogens is 266 g/mol. The largest absolute Gasteiger partial charge is 0.396 e. The first-order chi connectivity index (χ1) is 9.06. The fourth-order valence-electron chi connectivity index (χ4n) is 2.19. The number of aliphatic hydroxyl groups excluding tert-OH is 1. The second-order valence-corrected chi connectivity index (χ2v) is 6.74. The third-order valence-electron chi connectivity index (χ3n) is 3.35. The van der Waals surface area contributed by atoms with Crippen molar-refractivity contribution in [3.63, 3.8) is 0 Å². The highest BCUT2D eigenvalue weighted by Gasteiger charge is 2.39. The highest BCUT2D eigenvalue weighted by Crippen LogP contribution is 2.35. The van der Waals surface area contributed by atoms with Gasteiger partial charge >= 0.3 is 0 Å². The number of nitrogens with one attached hydrogen (secondary N) is 1. The second-order valence-electron chi connectivity index (χ2n) is 5.03. The SMILES string of the molecule is CCCC1CC1NS(=O)(=O)c1cnn(CCCO)c1. The zero-order valence-corrected chi connectivity index (χ0v) is 11.9. The Kier molecular flexibility index (Phi) is 4.59. The van der Waals surface area contributed by atoms with Gasteiger partial charge in [0.05, 0.1) is 6.20 Å². The summed E-state index contributed by atoms with van der Waals surface area (Å²) in [7, 11) is -3.45. The van der Waals surface area contributed by atoms with Crippen molar-refractivity contribution in [1.82, 2.24) is 14.5 Å². The number of nitrogens with zero attached hydrogens (tertiary/aromatic N) is 2. The Labute approximate surface area is 113 Å². The third-order valence-corrected chi connectivity index (χ3v) is 4.80. The third kappa shape index (κ3) is 3.77. The molecule has 1 aromatic rings. The van der Waals surface area contributed by atoms with Crippen LogP contribution in [0.3, 0.4) is 0 Å².